The number of carbonyl (C=O) groups excluding carboxylic acids is 1. The molecule has 1 aromatic rings. The fourth-order valence-electron chi connectivity index (χ4n) is 2.43. The van der Waals surface area contributed by atoms with Gasteiger partial charge >= 0.3 is 0 Å². The maximum absolute atomic E-state index is 11.2. The van der Waals surface area contributed by atoms with Crippen LogP contribution in [0.25, 0.3) is 0 Å². The van der Waals surface area contributed by atoms with E-state index in [-0.39, 0.29) is 5.78 Å². The van der Waals surface area contributed by atoms with Crippen molar-refractivity contribution < 1.29 is 9.21 Å². The van der Waals surface area contributed by atoms with Gasteiger partial charge in [0, 0.05) is 25.6 Å². The summed E-state index contributed by atoms with van der Waals surface area (Å²) in [6.45, 7) is 7.04. The Labute approximate surface area is 96.4 Å². The second-order valence-corrected chi connectivity index (χ2v) is 4.84. The average molecular weight is 221 g/mol. The van der Waals surface area contributed by atoms with Crippen LogP contribution in [0.5, 0.6) is 0 Å². The second kappa shape index (κ2) is 4.32. The number of carbonyl (C=O) groups is 1. The van der Waals surface area contributed by atoms with Gasteiger partial charge < -0.3 is 9.32 Å². The number of Topliss-reactive ketones (excluding diaryl/α,β-unsaturated/α-hetero) is 1. The standard InChI is InChI=1S/C13H19NO2/c1-9(2)11-5-4-8-14(11)13-7-6-12(16-13)10(3)15/h6-7,9,11H,4-5,8H2,1-3H3. The first-order valence-electron chi connectivity index (χ1n) is 5.97. The molecule has 16 heavy (non-hydrogen) atoms. The molecule has 1 atom stereocenters. The molecule has 2 rings (SSSR count). The lowest BCUT2D eigenvalue weighted by molar-refractivity contribution is 0.0987. The third-order valence-electron chi connectivity index (χ3n) is 3.29. The summed E-state index contributed by atoms with van der Waals surface area (Å²) in [4.78, 5) is 13.5. The number of furan rings is 1. The summed E-state index contributed by atoms with van der Waals surface area (Å²) in [6.07, 6.45) is 2.42. The van der Waals surface area contributed by atoms with Crippen molar-refractivity contribution in [2.45, 2.75) is 39.7 Å². The molecule has 3 heteroatoms. The fraction of sp³-hybridized carbons (Fsp3) is 0.615. The molecule has 0 bridgehead atoms. The van der Waals surface area contributed by atoms with Crippen molar-refractivity contribution in [3.8, 4) is 0 Å². The molecular weight excluding hydrogens is 202 g/mol. The van der Waals surface area contributed by atoms with E-state index < -0.39 is 0 Å². The van der Waals surface area contributed by atoms with Crippen LogP contribution in [0.15, 0.2) is 16.5 Å². The van der Waals surface area contributed by atoms with E-state index >= 15 is 0 Å². The first-order chi connectivity index (χ1) is 7.59. The quantitative estimate of drug-likeness (QED) is 0.735. The van der Waals surface area contributed by atoms with Crippen LogP contribution in [0.1, 0.15) is 44.2 Å². The summed E-state index contributed by atoms with van der Waals surface area (Å²) in [6, 6.07) is 4.23. The van der Waals surface area contributed by atoms with Crippen LogP contribution >= 0.6 is 0 Å². The normalized spacial score (nSPS) is 20.8. The number of hydrogen-bond acceptors (Lipinski definition) is 3. The van der Waals surface area contributed by atoms with Crippen LogP contribution < -0.4 is 4.90 Å². The third kappa shape index (κ3) is 1.99. The molecule has 0 spiro atoms. The second-order valence-electron chi connectivity index (χ2n) is 4.84. The van der Waals surface area contributed by atoms with Crippen LogP contribution in [0.3, 0.4) is 0 Å². The molecule has 0 amide bonds. The molecule has 1 saturated heterocycles. The smallest absolute Gasteiger partial charge is 0.196 e. The molecule has 0 aliphatic carbocycles. The molecule has 1 fully saturated rings. The van der Waals surface area contributed by atoms with E-state index in [0.29, 0.717) is 17.7 Å². The Morgan fingerprint density at radius 1 is 1.50 bits per heavy atom. The van der Waals surface area contributed by atoms with E-state index in [9.17, 15) is 4.79 Å². The predicted octanol–water partition coefficient (Wildman–Crippen LogP) is 3.11. The summed E-state index contributed by atoms with van der Waals surface area (Å²) in [5, 5.41) is 0. The van der Waals surface area contributed by atoms with Gasteiger partial charge in [0.25, 0.3) is 0 Å². The van der Waals surface area contributed by atoms with Gasteiger partial charge in [-0.15, -0.1) is 0 Å². The van der Waals surface area contributed by atoms with Crippen molar-refractivity contribution in [3.63, 3.8) is 0 Å². The Balaban J connectivity index is 2.19. The largest absolute Gasteiger partial charge is 0.437 e. The minimum atomic E-state index is -0.00783. The van der Waals surface area contributed by atoms with Crippen molar-refractivity contribution in [3.05, 3.63) is 17.9 Å². The van der Waals surface area contributed by atoms with Gasteiger partial charge in [0.05, 0.1) is 0 Å². The topological polar surface area (TPSA) is 33.5 Å². The Morgan fingerprint density at radius 3 is 2.81 bits per heavy atom. The number of anilines is 1. The van der Waals surface area contributed by atoms with Gasteiger partial charge in [0.15, 0.2) is 17.4 Å². The Morgan fingerprint density at radius 2 is 2.25 bits per heavy atom. The van der Waals surface area contributed by atoms with Crippen molar-refractivity contribution in [2.24, 2.45) is 5.92 Å². The zero-order chi connectivity index (χ0) is 11.7. The number of hydrogen-bond donors (Lipinski definition) is 0. The number of ketones is 1. The molecule has 3 nitrogen and oxygen atoms in total. The van der Waals surface area contributed by atoms with E-state index in [1.807, 2.05) is 6.07 Å². The lowest BCUT2D eigenvalue weighted by atomic mass is 10.0. The third-order valence-corrected chi connectivity index (χ3v) is 3.29. The molecule has 0 radical (unpaired) electrons. The molecule has 0 aromatic carbocycles. The van der Waals surface area contributed by atoms with Crippen molar-refractivity contribution in [1.82, 2.24) is 0 Å². The molecule has 88 valence electrons. The van der Waals surface area contributed by atoms with Gasteiger partial charge in [0.2, 0.25) is 0 Å². The lowest BCUT2D eigenvalue weighted by Crippen LogP contribution is -2.32. The summed E-state index contributed by atoms with van der Waals surface area (Å²) < 4.78 is 5.59. The highest BCUT2D eigenvalue weighted by molar-refractivity contribution is 5.91. The van der Waals surface area contributed by atoms with E-state index in [2.05, 4.69) is 18.7 Å². The maximum atomic E-state index is 11.2. The highest BCUT2D eigenvalue weighted by Crippen LogP contribution is 2.30. The van der Waals surface area contributed by atoms with Gasteiger partial charge in [0.1, 0.15) is 0 Å². The Hall–Kier alpha value is -1.25. The summed E-state index contributed by atoms with van der Waals surface area (Å²) in [5.74, 6) is 1.92. The average Bonchev–Trinajstić information content (AvgIpc) is 2.86. The first kappa shape index (κ1) is 11.2. The lowest BCUT2D eigenvalue weighted by Gasteiger charge is -2.27. The van der Waals surface area contributed by atoms with Crippen molar-refractivity contribution >= 4 is 11.7 Å². The van der Waals surface area contributed by atoms with E-state index in [1.165, 1.54) is 19.8 Å². The predicted molar refractivity (Wildman–Crippen MR) is 63.9 cm³/mol. The van der Waals surface area contributed by atoms with Gasteiger partial charge in [-0.3, -0.25) is 4.79 Å². The first-order valence-corrected chi connectivity index (χ1v) is 5.97. The van der Waals surface area contributed by atoms with E-state index in [1.54, 1.807) is 6.07 Å². The zero-order valence-corrected chi connectivity index (χ0v) is 10.2. The van der Waals surface area contributed by atoms with Crippen LogP contribution in [0, 0.1) is 5.92 Å². The Kier molecular flexibility index (Phi) is 3.03. The molecule has 1 aliphatic heterocycles. The minimum absolute atomic E-state index is 0.00783. The van der Waals surface area contributed by atoms with Crippen molar-refractivity contribution in [2.75, 3.05) is 11.4 Å². The summed E-state index contributed by atoms with van der Waals surface area (Å²) in [5.41, 5.74) is 0. The molecule has 1 aromatic heterocycles. The summed E-state index contributed by atoms with van der Waals surface area (Å²) >= 11 is 0. The maximum Gasteiger partial charge on any atom is 0.196 e. The molecule has 1 aliphatic rings. The van der Waals surface area contributed by atoms with E-state index in [4.69, 9.17) is 4.42 Å². The van der Waals surface area contributed by atoms with E-state index in [0.717, 1.165) is 12.4 Å². The fourth-order valence-corrected chi connectivity index (χ4v) is 2.43. The van der Waals surface area contributed by atoms with Crippen LogP contribution in [-0.4, -0.2) is 18.4 Å². The number of nitrogens with zero attached hydrogens (tertiary/aromatic N) is 1. The highest BCUT2D eigenvalue weighted by Gasteiger charge is 2.29. The minimum Gasteiger partial charge on any atom is -0.437 e. The van der Waals surface area contributed by atoms with Crippen molar-refractivity contribution in [1.29, 1.82) is 0 Å². The highest BCUT2D eigenvalue weighted by atomic mass is 16.4. The van der Waals surface area contributed by atoms with Gasteiger partial charge in [-0.05, 0) is 24.8 Å². The van der Waals surface area contributed by atoms with Gasteiger partial charge in [-0.1, -0.05) is 13.8 Å². The Bertz CT molecular complexity index is 381. The molecule has 1 unspecified atom stereocenters. The zero-order valence-electron chi connectivity index (χ0n) is 10.2. The summed E-state index contributed by atoms with van der Waals surface area (Å²) in [7, 11) is 0. The van der Waals surface area contributed by atoms with Gasteiger partial charge in [-0.2, -0.15) is 0 Å². The van der Waals surface area contributed by atoms with Crippen LogP contribution in [0.4, 0.5) is 5.88 Å². The monoisotopic (exact) mass is 221 g/mol. The molecule has 2 heterocycles. The van der Waals surface area contributed by atoms with Crippen LogP contribution in [0.2, 0.25) is 0 Å². The SMILES string of the molecule is CC(=O)c1ccc(N2CCCC2C(C)C)o1. The number of rotatable bonds is 3. The van der Waals surface area contributed by atoms with Crippen LogP contribution in [-0.2, 0) is 0 Å². The molecule has 0 N–H and O–H groups in total. The molecule has 0 saturated carbocycles. The molecular formula is C13H19NO2. The van der Waals surface area contributed by atoms with Gasteiger partial charge in [-0.25, -0.2) is 0 Å².